The second-order valence-electron chi connectivity index (χ2n) is 8.25. The van der Waals surface area contributed by atoms with Gasteiger partial charge in [0.1, 0.15) is 0 Å². The van der Waals surface area contributed by atoms with E-state index in [4.69, 9.17) is 0 Å². The van der Waals surface area contributed by atoms with Gasteiger partial charge in [0.15, 0.2) is 0 Å². The molecule has 4 aromatic carbocycles. The monoisotopic (exact) mass is 651 g/mol. The summed E-state index contributed by atoms with van der Waals surface area (Å²) in [6.45, 7) is 4.71. The molecule has 1 aliphatic rings. The number of rotatable bonds is 4. The summed E-state index contributed by atoms with van der Waals surface area (Å²) < 4.78 is 0. The Morgan fingerprint density at radius 1 is 0.722 bits per heavy atom. The molecule has 0 nitrogen and oxygen atoms in total. The van der Waals surface area contributed by atoms with Crippen LogP contribution in [0, 0.1) is 57.4 Å². The maximum atomic E-state index is 2.50. The molecule has 0 heterocycles. The average Bonchev–Trinajstić information content (AvgIpc) is 3.49. The molecule has 5 rings (SSSR count). The van der Waals surface area contributed by atoms with Crippen molar-refractivity contribution in [2.75, 3.05) is 0 Å². The summed E-state index contributed by atoms with van der Waals surface area (Å²) in [6, 6.07) is 30.4. The third kappa shape index (κ3) is 9.97. The first-order valence-electron chi connectivity index (χ1n) is 10.6. The van der Waals surface area contributed by atoms with Crippen molar-refractivity contribution in [2.45, 2.75) is 46.0 Å². The molecule has 0 radical (unpaired) electrons. The number of hydrogen-bond donors (Lipinski definition) is 0. The van der Waals surface area contributed by atoms with E-state index in [1.807, 2.05) is 30.3 Å². The molecule has 0 saturated heterocycles. The molecule has 204 valence electrons. The maximum Gasteiger partial charge on any atom is 0 e. The van der Waals surface area contributed by atoms with Gasteiger partial charge in [-0.05, 0) is 37.5 Å². The first-order valence-corrected chi connectivity index (χ1v) is 10.6. The molecule has 36 heavy (non-hydrogen) atoms. The van der Waals surface area contributed by atoms with E-state index < -0.39 is 0 Å². The van der Waals surface area contributed by atoms with Gasteiger partial charge in [-0.3, -0.25) is 0 Å². The summed E-state index contributed by atoms with van der Waals surface area (Å²) in [5.74, 6) is 0. The molecule has 0 unspecified atom stereocenters. The summed E-state index contributed by atoms with van der Waals surface area (Å²) in [7, 11) is 0. The van der Waals surface area contributed by atoms with E-state index in [0.29, 0.717) is 5.41 Å². The summed E-state index contributed by atoms with van der Waals surface area (Å²) >= 11 is 0. The second kappa shape index (κ2) is 20.3. The predicted octanol–water partition coefficient (Wildman–Crippen LogP) is 10.6. The smallest absolute Gasteiger partial charge is 0 e. The Labute approximate surface area is 246 Å². The van der Waals surface area contributed by atoms with Gasteiger partial charge in [-0.15, -0.1) is 34.5 Å². The summed E-state index contributed by atoms with van der Waals surface area (Å²) in [6.07, 6.45) is 6.15. The molecule has 0 amide bonds. The van der Waals surface area contributed by atoms with Gasteiger partial charge in [0.25, 0.3) is 0 Å². The Morgan fingerprint density at radius 2 is 1.25 bits per heavy atom. The van der Waals surface area contributed by atoms with Crippen LogP contribution in [-0.2, 0) is 45.1 Å². The van der Waals surface area contributed by atoms with E-state index in [0.717, 1.165) is 6.42 Å². The second-order valence-corrected chi connectivity index (χ2v) is 8.25. The molecular formula is C35H51Hf-9. The zero-order chi connectivity index (χ0) is 19.4. The topological polar surface area (TPSA) is 0 Å². The molecule has 1 aliphatic carbocycles. The van der Waals surface area contributed by atoms with Gasteiger partial charge in [-0.1, -0.05) is 60.9 Å². The van der Waals surface area contributed by atoms with Gasteiger partial charge in [0.05, 0.1) is 0 Å². The Kier molecular flexibility index (Phi) is 25.0. The Hall–Kier alpha value is -1.73. The summed E-state index contributed by atoms with van der Waals surface area (Å²) in [5.41, 5.74) is 6.58. The molecule has 0 spiro atoms. The van der Waals surface area contributed by atoms with Crippen molar-refractivity contribution in [3.63, 3.8) is 0 Å². The maximum absolute atomic E-state index is 2.50. The third-order valence-corrected chi connectivity index (χ3v) is 6.61. The molecule has 0 N–H and O–H groups in total. The van der Waals surface area contributed by atoms with Crippen molar-refractivity contribution >= 4 is 10.8 Å². The molecule has 0 fully saturated rings. The molecule has 4 aromatic rings. The van der Waals surface area contributed by atoms with Gasteiger partial charge in [0.2, 0.25) is 0 Å². The van der Waals surface area contributed by atoms with Gasteiger partial charge >= 0.3 is 0 Å². The van der Waals surface area contributed by atoms with E-state index >= 15 is 0 Å². The summed E-state index contributed by atoms with van der Waals surface area (Å²) in [5, 5.41) is 2.90. The van der Waals surface area contributed by atoms with Crippen LogP contribution in [0.3, 0.4) is 0 Å². The minimum absolute atomic E-state index is 0. The van der Waals surface area contributed by atoms with Crippen LogP contribution in [0.1, 0.15) is 48.9 Å². The first kappa shape index (κ1) is 44.3. The first-order chi connectivity index (χ1) is 13.7. The standard InChI is InChI=1S/C23H25.C5H5.7CH3.Hf/c1-3-23(4-2)15-20-13-19-11-10-18(22(19)14-21(20)16-23)12-17-8-6-5-7-9-17;1-2-4-5-3-1;;;;;;;;/h5-11,13-14H,3-4,12,15-16H2,1-2H3;1-5H;7*1H3;/q9*-1;. The average molecular weight is 650 g/mol. The molecule has 0 aliphatic heterocycles. The molecule has 0 bridgehead atoms. The fourth-order valence-electron chi connectivity index (χ4n) is 4.64. The molecule has 0 saturated carbocycles. The molecule has 0 atom stereocenters. The van der Waals surface area contributed by atoms with Crippen LogP contribution in [0.2, 0.25) is 0 Å². The predicted molar refractivity (Wildman–Crippen MR) is 166 cm³/mol. The summed E-state index contributed by atoms with van der Waals surface area (Å²) in [4.78, 5) is 0. The largest absolute Gasteiger partial charge is 0.358 e. The molecule has 0 aromatic heterocycles. The minimum atomic E-state index is 0. The van der Waals surface area contributed by atoms with E-state index in [9.17, 15) is 0 Å². The number of fused-ring (bicyclic) bond motifs is 2. The molecular weight excluding hydrogens is 599 g/mol. The SMILES string of the molecule is CCC1(CC)Cc2cc3cc[c-](Cc4ccccc4)c3cc2C1.[CH3-].[CH3-].[CH3-].[CH3-].[CH3-].[CH3-].[CH3-].[Hf].c1cc[cH-]c1. The van der Waals surface area contributed by atoms with Crippen molar-refractivity contribution in [3.8, 4) is 0 Å². The fraction of sp³-hybridized carbons (Fsp3) is 0.229. The van der Waals surface area contributed by atoms with Crippen molar-refractivity contribution < 1.29 is 25.8 Å². The quantitative estimate of drug-likeness (QED) is 0.152. The molecule has 1 heteroatoms. The van der Waals surface area contributed by atoms with Gasteiger partial charge < -0.3 is 52.0 Å². The normalized spacial score (nSPS) is 11.3. The van der Waals surface area contributed by atoms with Crippen LogP contribution in [0.4, 0.5) is 0 Å². The van der Waals surface area contributed by atoms with Crippen LogP contribution < -0.4 is 0 Å². The van der Waals surface area contributed by atoms with Crippen LogP contribution in [-0.4, -0.2) is 0 Å². The van der Waals surface area contributed by atoms with E-state index in [2.05, 4.69) is 68.4 Å². The van der Waals surface area contributed by atoms with Crippen LogP contribution in [0.15, 0.2) is 84.9 Å². The number of hydrogen-bond acceptors (Lipinski definition) is 0. The zero-order valence-corrected chi connectivity index (χ0v) is 28.2. The van der Waals surface area contributed by atoms with Crippen molar-refractivity contribution in [2.24, 2.45) is 5.41 Å². The van der Waals surface area contributed by atoms with Crippen LogP contribution >= 0.6 is 0 Å². The van der Waals surface area contributed by atoms with E-state index in [1.165, 1.54) is 47.6 Å². The Morgan fingerprint density at radius 3 is 1.72 bits per heavy atom. The number of benzene rings is 2. The van der Waals surface area contributed by atoms with E-state index in [-0.39, 0.29) is 77.8 Å². The van der Waals surface area contributed by atoms with Crippen molar-refractivity contribution in [3.05, 3.63) is 159 Å². The van der Waals surface area contributed by atoms with Crippen LogP contribution in [0.5, 0.6) is 0 Å². The fourth-order valence-corrected chi connectivity index (χ4v) is 4.64. The van der Waals surface area contributed by atoms with Crippen LogP contribution in [0.25, 0.3) is 10.8 Å². The van der Waals surface area contributed by atoms with Gasteiger partial charge in [-0.25, -0.2) is 12.1 Å². The van der Waals surface area contributed by atoms with Gasteiger partial charge in [0, 0.05) is 25.8 Å². The zero-order valence-electron chi connectivity index (χ0n) is 24.6. The minimum Gasteiger partial charge on any atom is -0.358 e. The van der Waals surface area contributed by atoms with Crippen molar-refractivity contribution in [1.82, 2.24) is 0 Å². The van der Waals surface area contributed by atoms with E-state index in [1.54, 1.807) is 11.1 Å². The third-order valence-electron chi connectivity index (χ3n) is 6.61. The van der Waals surface area contributed by atoms with Crippen molar-refractivity contribution in [1.29, 1.82) is 0 Å². The Bertz CT molecular complexity index is 984. The Balaban J connectivity index is -0.000000223. The van der Waals surface area contributed by atoms with Gasteiger partial charge in [-0.2, -0.15) is 24.3 Å².